The minimum Gasteiger partial charge on any atom is -0.744 e. The Bertz CT molecular complexity index is 2390. The van der Waals surface area contributed by atoms with E-state index in [0.717, 1.165) is 43.3 Å². The Morgan fingerprint density at radius 2 is 1.55 bits per heavy atom. The van der Waals surface area contributed by atoms with E-state index in [1.54, 1.807) is 6.07 Å². The highest BCUT2D eigenvalue weighted by molar-refractivity contribution is 7.92. The first-order valence-corrected chi connectivity index (χ1v) is 18.1. The van der Waals surface area contributed by atoms with E-state index in [-0.39, 0.29) is 11.3 Å². The molecule has 4 aromatic rings. The third-order valence-electron chi connectivity index (χ3n) is 8.32. The monoisotopic (exact) mass is 674 g/mol. The van der Waals surface area contributed by atoms with Crippen molar-refractivity contribution in [1.29, 1.82) is 0 Å². The van der Waals surface area contributed by atoms with Crippen LogP contribution in [0.2, 0.25) is 0 Å². The number of sulfonamides is 1. The van der Waals surface area contributed by atoms with Gasteiger partial charge in [-0.25, -0.2) is 21.4 Å². The van der Waals surface area contributed by atoms with Gasteiger partial charge >= 0.3 is 0 Å². The number of hydrogen-bond donors (Lipinski definition) is 2. The van der Waals surface area contributed by atoms with E-state index in [1.165, 1.54) is 24.3 Å². The lowest BCUT2D eigenvalue weighted by molar-refractivity contribution is 0.463. The minimum absolute atomic E-state index is 0.0694. The summed E-state index contributed by atoms with van der Waals surface area (Å²) >= 11 is 0. The number of hydrogen-bond acceptors (Lipinski definition) is 9. The van der Waals surface area contributed by atoms with Crippen LogP contribution >= 0.6 is 0 Å². The second kappa shape index (κ2) is 12.4. The molecule has 0 fully saturated rings. The van der Waals surface area contributed by atoms with Crippen molar-refractivity contribution in [2.45, 2.75) is 37.5 Å². The molecule has 0 saturated carbocycles. The smallest absolute Gasteiger partial charge is 0.261 e. The van der Waals surface area contributed by atoms with Gasteiger partial charge in [0.25, 0.3) is 10.0 Å². The molecule has 2 heterocycles. The van der Waals surface area contributed by atoms with Crippen molar-refractivity contribution in [3.8, 4) is 22.5 Å². The first kappa shape index (κ1) is 32.2. The van der Waals surface area contributed by atoms with Crippen LogP contribution < -0.4 is 19.6 Å². The van der Waals surface area contributed by atoms with E-state index in [0.29, 0.717) is 38.9 Å². The van der Waals surface area contributed by atoms with Crippen LogP contribution in [0, 0.1) is 0 Å². The maximum absolute atomic E-state index is 13.5. The number of benzene rings is 4. The quantitative estimate of drug-likeness (QED) is 0.118. The second-order valence-electron chi connectivity index (χ2n) is 10.9. The molecule has 3 aromatic carbocycles. The maximum atomic E-state index is 13.5. The highest BCUT2D eigenvalue weighted by Gasteiger charge is 2.25. The van der Waals surface area contributed by atoms with Crippen LogP contribution in [0.5, 0.6) is 0 Å². The Hall–Kier alpha value is -4.79. The molecule has 2 aliphatic rings. The highest BCUT2D eigenvalue weighted by Crippen LogP contribution is 2.43. The molecule has 0 saturated heterocycles. The summed E-state index contributed by atoms with van der Waals surface area (Å²) < 4.78 is 76.6. The fourth-order valence-corrected chi connectivity index (χ4v) is 7.79. The van der Waals surface area contributed by atoms with Gasteiger partial charge in [0, 0.05) is 53.0 Å². The largest absolute Gasteiger partial charge is 0.744 e. The second-order valence-corrected chi connectivity index (χ2v) is 14.0. The van der Waals surface area contributed by atoms with E-state index >= 15 is 0 Å². The van der Waals surface area contributed by atoms with Crippen molar-refractivity contribution in [3.05, 3.63) is 78.2 Å². The highest BCUT2D eigenvalue weighted by atomic mass is 32.2. The maximum Gasteiger partial charge on any atom is 0.261 e. The third kappa shape index (κ3) is 6.06. The number of H-pyrrole nitrogens is 1. The average molecular weight is 675 g/mol. The molecule has 0 unspecified atom stereocenters. The molecule has 2 N–H and O–H groups in total. The molecular formula is C33H34N6O6S2. The van der Waals surface area contributed by atoms with Gasteiger partial charge in [0.2, 0.25) is 5.36 Å². The summed E-state index contributed by atoms with van der Waals surface area (Å²) in [6.45, 7) is 11.3. The molecule has 244 valence electrons. The molecule has 47 heavy (non-hydrogen) atoms. The van der Waals surface area contributed by atoms with Gasteiger partial charge < -0.3 is 13.9 Å². The number of rotatable bonds is 10. The first-order valence-electron chi connectivity index (χ1n) is 15.2. The van der Waals surface area contributed by atoms with E-state index in [2.05, 4.69) is 57.3 Å². The zero-order chi connectivity index (χ0) is 33.5. The van der Waals surface area contributed by atoms with Gasteiger partial charge in [-0.15, -0.1) is 0 Å². The van der Waals surface area contributed by atoms with Crippen LogP contribution in [-0.4, -0.2) is 63.0 Å². The molecule has 0 amide bonds. The number of nitrogens with one attached hydrogen (secondary N) is 2. The summed E-state index contributed by atoms with van der Waals surface area (Å²) in [5, 5.41) is 11.9. The molecule has 1 aliphatic heterocycles. The van der Waals surface area contributed by atoms with Crippen LogP contribution in [0.1, 0.15) is 27.7 Å². The zero-order valence-corrected chi connectivity index (χ0v) is 27.9. The Morgan fingerprint density at radius 1 is 0.830 bits per heavy atom. The van der Waals surface area contributed by atoms with Gasteiger partial charge in [0.15, 0.2) is 0 Å². The normalized spacial score (nSPS) is 12.2. The number of nitrogens with zero attached hydrogens (tertiary/aromatic N) is 4. The lowest BCUT2D eigenvalue weighted by Gasteiger charge is -2.23. The zero-order valence-electron chi connectivity index (χ0n) is 26.3. The number of aromatic amines is 1. The van der Waals surface area contributed by atoms with Crippen molar-refractivity contribution < 1.29 is 25.8 Å². The van der Waals surface area contributed by atoms with Crippen LogP contribution in [0.3, 0.4) is 0 Å². The molecule has 0 atom stereocenters. The lowest BCUT2D eigenvalue weighted by atomic mass is 9.93. The summed E-state index contributed by atoms with van der Waals surface area (Å²) in [5.41, 5.74) is 3.67. The van der Waals surface area contributed by atoms with Crippen LogP contribution in [0.15, 0.2) is 87.0 Å². The molecule has 14 heteroatoms. The average Bonchev–Trinajstić information content (AvgIpc) is 3.52. The molecule has 0 spiro atoms. The fraction of sp³-hybridized carbons (Fsp3) is 0.242. The molecule has 0 bridgehead atoms. The van der Waals surface area contributed by atoms with Crippen molar-refractivity contribution in [1.82, 2.24) is 20.0 Å². The predicted octanol–water partition coefficient (Wildman–Crippen LogP) is 4.84. The van der Waals surface area contributed by atoms with Crippen molar-refractivity contribution in [2.24, 2.45) is 0 Å². The Kier molecular flexibility index (Phi) is 8.51. The summed E-state index contributed by atoms with van der Waals surface area (Å²) in [5.74, 6) is 0.490. The number of aromatic nitrogens is 3. The SMILES string of the molecule is CCN(CC)c1ccc2c(-c3ccc(S(=O)(=O)Nc4ccc5n[nH]nc5c4)cc3S(=O)(=O)[O-])c3ccc(=[N+](CC)CC)cc-3oc2c1. The van der Waals surface area contributed by atoms with Gasteiger partial charge in [-0.3, -0.25) is 4.72 Å². The van der Waals surface area contributed by atoms with Gasteiger partial charge in [-0.1, -0.05) is 6.07 Å². The van der Waals surface area contributed by atoms with Gasteiger partial charge in [0.1, 0.15) is 45.6 Å². The molecule has 0 radical (unpaired) electrons. The van der Waals surface area contributed by atoms with Crippen LogP contribution in [0.25, 0.3) is 44.5 Å². The fourth-order valence-electron chi connectivity index (χ4n) is 5.93. The minimum atomic E-state index is -5.17. The third-order valence-corrected chi connectivity index (χ3v) is 10.6. The van der Waals surface area contributed by atoms with Gasteiger partial charge in [-0.05, 0) is 76.2 Å². The number of fused-ring (bicyclic) bond motifs is 3. The van der Waals surface area contributed by atoms with Crippen LogP contribution in [-0.2, 0) is 20.1 Å². The van der Waals surface area contributed by atoms with Crippen molar-refractivity contribution in [3.63, 3.8) is 0 Å². The molecule has 1 aromatic heterocycles. The van der Waals surface area contributed by atoms with Crippen molar-refractivity contribution >= 4 is 53.5 Å². The van der Waals surface area contributed by atoms with E-state index in [9.17, 15) is 21.4 Å². The summed E-state index contributed by atoms with van der Waals surface area (Å²) in [6.07, 6.45) is 0. The predicted molar refractivity (Wildman–Crippen MR) is 181 cm³/mol. The van der Waals surface area contributed by atoms with E-state index in [1.807, 2.05) is 36.4 Å². The summed E-state index contributed by atoms with van der Waals surface area (Å²) in [4.78, 5) is 1.10. The topological polar surface area (TPSA) is 164 Å². The molecule has 1 aliphatic carbocycles. The summed E-state index contributed by atoms with van der Waals surface area (Å²) in [6, 6.07) is 19.5. The first-order chi connectivity index (χ1) is 22.5. The van der Waals surface area contributed by atoms with Crippen LogP contribution in [0.4, 0.5) is 11.4 Å². The molecule has 12 nitrogen and oxygen atoms in total. The van der Waals surface area contributed by atoms with Gasteiger partial charge in [0.05, 0.1) is 21.5 Å². The summed E-state index contributed by atoms with van der Waals surface area (Å²) in [7, 11) is -9.48. The molecular weight excluding hydrogens is 641 g/mol. The number of anilines is 2. The molecule has 6 rings (SSSR count). The lowest BCUT2D eigenvalue weighted by Crippen LogP contribution is -2.29. The van der Waals surface area contributed by atoms with Crippen molar-refractivity contribution in [2.75, 3.05) is 35.8 Å². The van der Waals surface area contributed by atoms with E-state index in [4.69, 9.17) is 4.42 Å². The Labute approximate surface area is 272 Å². The van der Waals surface area contributed by atoms with E-state index < -0.39 is 29.9 Å². The Morgan fingerprint density at radius 3 is 2.26 bits per heavy atom. The van der Waals surface area contributed by atoms with Gasteiger partial charge in [-0.2, -0.15) is 15.4 Å². The standard InChI is InChI=1S/C33H34N6O6S2/c1-5-38(6-2)22-10-13-25-30(18-22)45-31-19-23(39(7-3)8-4)11-14-26(31)33(25)27-15-12-24(20-32(27)47(42,43)44)46(40,41)36-21-9-16-28-29(17-21)35-37-34-28/h9-20,36H,5-8H2,1-4H3,(H-,34,35,37,42,43,44). The Balaban J connectivity index is 1.59.